The van der Waals surface area contributed by atoms with Crippen molar-refractivity contribution in [2.75, 3.05) is 38.3 Å². The fourth-order valence-electron chi connectivity index (χ4n) is 2.83. The maximum Gasteiger partial charge on any atom is 0.243 e. The number of sulfonamides is 1. The largest absolute Gasteiger partial charge is 0.486 e. The van der Waals surface area contributed by atoms with Crippen LogP contribution >= 0.6 is 0 Å². The van der Waals surface area contributed by atoms with Crippen molar-refractivity contribution < 1.29 is 31.1 Å². The lowest BCUT2D eigenvalue weighted by molar-refractivity contribution is -0.121. The van der Waals surface area contributed by atoms with Gasteiger partial charge in [-0.25, -0.2) is 16.8 Å². The highest BCUT2D eigenvalue weighted by molar-refractivity contribution is 7.91. The number of amides is 1. The monoisotopic (exact) mass is 404 g/mol. The Bertz CT molecular complexity index is 912. The number of ether oxygens (including phenoxy) is 2. The molecular weight excluding hydrogens is 384 g/mol. The van der Waals surface area contributed by atoms with E-state index in [1.54, 1.807) is 0 Å². The summed E-state index contributed by atoms with van der Waals surface area (Å²) in [6, 6.07) is 3.79. The van der Waals surface area contributed by atoms with Crippen LogP contribution in [0.5, 0.6) is 11.5 Å². The van der Waals surface area contributed by atoms with Crippen molar-refractivity contribution in [2.45, 2.75) is 17.4 Å². The first kappa shape index (κ1) is 18.9. The quantitative estimate of drug-likeness (QED) is 0.695. The Labute approximate surface area is 152 Å². The lowest BCUT2D eigenvalue weighted by atomic mass is 10.2. The van der Waals surface area contributed by atoms with Crippen molar-refractivity contribution in [2.24, 2.45) is 0 Å². The lowest BCUT2D eigenvalue weighted by Gasteiger charge is -2.21. The standard InChI is InChI=1S/C15H20N2O7S2/c1-17(9-15(18)16-11-4-7-25(19,20)10-11)26(21,22)12-2-3-13-14(8-12)24-6-5-23-13/h2-3,8,11H,4-7,9-10H2,1H3,(H,16,18)/t11-/m1/s1. The van der Waals surface area contributed by atoms with Gasteiger partial charge in [-0.15, -0.1) is 0 Å². The van der Waals surface area contributed by atoms with Crippen LogP contribution in [-0.2, 0) is 24.7 Å². The third-order valence-electron chi connectivity index (χ3n) is 4.19. The van der Waals surface area contributed by atoms with E-state index in [-0.39, 0.29) is 16.4 Å². The Hall–Kier alpha value is -1.85. The summed E-state index contributed by atoms with van der Waals surface area (Å²) in [5.74, 6) is 0.181. The predicted molar refractivity (Wildman–Crippen MR) is 92.4 cm³/mol. The second-order valence-corrected chi connectivity index (χ2v) is 10.5. The zero-order valence-corrected chi connectivity index (χ0v) is 15.8. The molecule has 144 valence electrons. The number of benzene rings is 1. The summed E-state index contributed by atoms with van der Waals surface area (Å²) in [4.78, 5) is 12.1. The summed E-state index contributed by atoms with van der Waals surface area (Å²) in [5.41, 5.74) is 0. The number of likely N-dealkylation sites (N-methyl/N-ethyl adjacent to an activating group) is 1. The molecular formula is C15H20N2O7S2. The van der Waals surface area contributed by atoms with Gasteiger partial charge in [-0.2, -0.15) is 4.31 Å². The third kappa shape index (κ3) is 4.10. The minimum atomic E-state index is -3.91. The fraction of sp³-hybridized carbons (Fsp3) is 0.533. The van der Waals surface area contributed by atoms with Gasteiger partial charge in [0.25, 0.3) is 0 Å². The van der Waals surface area contributed by atoms with Crippen LogP contribution in [0.4, 0.5) is 0 Å². The molecule has 0 radical (unpaired) electrons. The number of carbonyl (C=O) groups excluding carboxylic acids is 1. The number of fused-ring (bicyclic) bond motifs is 1. The van der Waals surface area contributed by atoms with E-state index in [2.05, 4.69) is 5.32 Å². The number of rotatable bonds is 5. The first-order valence-corrected chi connectivity index (χ1v) is 11.3. The van der Waals surface area contributed by atoms with Crippen molar-refractivity contribution in [3.05, 3.63) is 18.2 Å². The molecule has 1 saturated heterocycles. The summed E-state index contributed by atoms with van der Waals surface area (Å²) in [7, 11) is -5.74. The van der Waals surface area contributed by atoms with Crippen molar-refractivity contribution in [3.8, 4) is 11.5 Å². The molecule has 26 heavy (non-hydrogen) atoms. The van der Waals surface area contributed by atoms with Crippen molar-refractivity contribution in [1.82, 2.24) is 9.62 Å². The van der Waals surface area contributed by atoms with Crippen LogP contribution < -0.4 is 14.8 Å². The van der Waals surface area contributed by atoms with E-state index in [9.17, 15) is 21.6 Å². The molecule has 1 amide bonds. The molecule has 1 aromatic rings. The van der Waals surface area contributed by atoms with E-state index in [4.69, 9.17) is 9.47 Å². The second-order valence-electron chi connectivity index (χ2n) is 6.23. The van der Waals surface area contributed by atoms with Crippen LogP contribution in [0, 0.1) is 0 Å². The minimum absolute atomic E-state index is 0.0134. The van der Waals surface area contributed by atoms with Gasteiger partial charge in [0.05, 0.1) is 22.9 Å². The van der Waals surface area contributed by atoms with E-state index in [0.717, 1.165) is 4.31 Å². The number of hydrogen-bond acceptors (Lipinski definition) is 7. The highest BCUT2D eigenvalue weighted by Crippen LogP contribution is 2.32. The van der Waals surface area contributed by atoms with E-state index in [0.29, 0.717) is 31.1 Å². The van der Waals surface area contributed by atoms with Gasteiger partial charge in [0.1, 0.15) is 13.2 Å². The van der Waals surface area contributed by atoms with Gasteiger partial charge in [0, 0.05) is 19.2 Å². The minimum Gasteiger partial charge on any atom is -0.486 e. The molecule has 0 aromatic heterocycles. The van der Waals surface area contributed by atoms with Crippen molar-refractivity contribution in [3.63, 3.8) is 0 Å². The van der Waals surface area contributed by atoms with Gasteiger partial charge < -0.3 is 14.8 Å². The molecule has 1 aromatic carbocycles. The van der Waals surface area contributed by atoms with Crippen molar-refractivity contribution >= 4 is 25.8 Å². The number of nitrogens with zero attached hydrogens (tertiary/aromatic N) is 1. The molecule has 2 aliphatic rings. The zero-order valence-electron chi connectivity index (χ0n) is 14.2. The van der Waals surface area contributed by atoms with E-state index < -0.39 is 38.4 Å². The average Bonchev–Trinajstić information content (AvgIpc) is 2.92. The van der Waals surface area contributed by atoms with E-state index in [1.165, 1.54) is 25.2 Å². The number of carbonyl (C=O) groups is 1. The fourth-order valence-corrected chi connectivity index (χ4v) is 5.65. The molecule has 0 aliphatic carbocycles. The van der Waals surface area contributed by atoms with Crippen LogP contribution in [-0.4, -0.2) is 71.4 Å². The number of hydrogen-bond donors (Lipinski definition) is 1. The Kier molecular flexibility index (Phi) is 5.13. The molecule has 11 heteroatoms. The van der Waals surface area contributed by atoms with Gasteiger partial charge in [0.2, 0.25) is 15.9 Å². The summed E-state index contributed by atoms with van der Waals surface area (Å²) >= 11 is 0. The van der Waals surface area contributed by atoms with Crippen LogP contribution in [0.25, 0.3) is 0 Å². The number of nitrogens with one attached hydrogen (secondary N) is 1. The highest BCUT2D eigenvalue weighted by Gasteiger charge is 2.30. The molecule has 0 spiro atoms. The average molecular weight is 404 g/mol. The normalized spacial score (nSPS) is 21.5. The first-order chi connectivity index (χ1) is 12.2. The SMILES string of the molecule is CN(CC(=O)N[C@@H]1CCS(=O)(=O)C1)S(=O)(=O)c1ccc2c(c1)OCCO2. The Morgan fingerprint density at radius 2 is 1.96 bits per heavy atom. The second kappa shape index (κ2) is 7.05. The molecule has 1 fully saturated rings. The summed E-state index contributed by atoms with van der Waals surface area (Å²) in [5, 5.41) is 2.57. The summed E-state index contributed by atoms with van der Waals surface area (Å²) in [6.45, 7) is 0.322. The molecule has 0 bridgehead atoms. The first-order valence-electron chi connectivity index (χ1n) is 8.03. The molecule has 0 unspecified atom stereocenters. The highest BCUT2D eigenvalue weighted by atomic mass is 32.2. The van der Waals surface area contributed by atoms with Gasteiger partial charge in [0.15, 0.2) is 21.3 Å². The smallest absolute Gasteiger partial charge is 0.243 e. The number of sulfone groups is 1. The molecule has 9 nitrogen and oxygen atoms in total. The van der Waals surface area contributed by atoms with Crippen LogP contribution in [0.1, 0.15) is 6.42 Å². The van der Waals surface area contributed by atoms with E-state index >= 15 is 0 Å². The molecule has 2 heterocycles. The van der Waals surface area contributed by atoms with Crippen LogP contribution in [0.3, 0.4) is 0 Å². The van der Waals surface area contributed by atoms with E-state index in [1.807, 2.05) is 0 Å². The predicted octanol–water partition coefficient (Wildman–Crippen LogP) is -0.618. The van der Waals surface area contributed by atoms with Crippen molar-refractivity contribution in [1.29, 1.82) is 0 Å². The molecule has 3 rings (SSSR count). The lowest BCUT2D eigenvalue weighted by Crippen LogP contribution is -2.43. The Balaban J connectivity index is 1.66. The molecule has 1 N–H and O–H groups in total. The molecule has 2 aliphatic heterocycles. The molecule has 0 saturated carbocycles. The molecule has 1 atom stereocenters. The summed E-state index contributed by atoms with van der Waals surface area (Å²) < 4.78 is 59.8. The van der Waals surface area contributed by atoms with Gasteiger partial charge in [-0.05, 0) is 18.6 Å². The third-order valence-corrected chi connectivity index (χ3v) is 7.75. The summed E-state index contributed by atoms with van der Waals surface area (Å²) in [6.07, 6.45) is 0.340. The van der Waals surface area contributed by atoms with Gasteiger partial charge >= 0.3 is 0 Å². The zero-order chi connectivity index (χ0) is 18.9. The maximum absolute atomic E-state index is 12.6. The van der Waals surface area contributed by atoms with Crippen LogP contribution in [0.2, 0.25) is 0 Å². The van der Waals surface area contributed by atoms with Gasteiger partial charge in [-0.1, -0.05) is 0 Å². The Morgan fingerprint density at radius 3 is 2.62 bits per heavy atom. The Morgan fingerprint density at radius 1 is 1.27 bits per heavy atom. The topological polar surface area (TPSA) is 119 Å². The van der Waals surface area contributed by atoms with Crippen LogP contribution in [0.15, 0.2) is 23.1 Å². The van der Waals surface area contributed by atoms with Gasteiger partial charge in [-0.3, -0.25) is 4.79 Å². The maximum atomic E-state index is 12.6.